The highest BCUT2D eigenvalue weighted by Gasteiger charge is 2.04. The topological polar surface area (TPSA) is 364 Å². The van der Waals surface area contributed by atoms with Crippen molar-refractivity contribution in [2.24, 2.45) is 0 Å². The van der Waals surface area contributed by atoms with Crippen molar-refractivity contribution in [1.29, 1.82) is 0 Å². The molecular formula is C74H99Cl2N15O10. The summed E-state index contributed by atoms with van der Waals surface area (Å²) in [5, 5.41) is 32.1. The van der Waals surface area contributed by atoms with Crippen LogP contribution in [0.25, 0.3) is 0 Å². The Balaban J connectivity index is -0.000000245. The maximum Gasteiger partial charge on any atom is 0.373 e. The molecule has 27 heteroatoms. The van der Waals surface area contributed by atoms with Gasteiger partial charge in [-0.2, -0.15) is 78.5 Å². The van der Waals surface area contributed by atoms with E-state index in [-0.39, 0.29) is 38.2 Å². The van der Waals surface area contributed by atoms with E-state index >= 15 is 0 Å². The van der Waals surface area contributed by atoms with Gasteiger partial charge >= 0.3 is 30.8 Å². The van der Waals surface area contributed by atoms with Gasteiger partial charge in [0.15, 0.2) is 10.3 Å². The number of aromatic nitrogens is 15. The van der Waals surface area contributed by atoms with Gasteiger partial charge in [0.2, 0.25) is 0 Å². The van der Waals surface area contributed by atoms with Crippen LogP contribution >= 0.6 is 23.2 Å². The summed E-state index contributed by atoms with van der Waals surface area (Å²) in [5.74, 6) is 4.51. The third-order valence-corrected chi connectivity index (χ3v) is 12.0. The molecule has 9 aromatic heterocycles. The molecule has 0 bridgehead atoms. The van der Waals surface area contributed by atoms with Gasteiger partial charge in [-0.25, -0.2) is 0 Å². The summed E-state index contributed by atoms with van der Waals surface area (Å²) in [6.45, 7) is 41.9. The normalized spacial score (nSPS) is 9.02. The third kappa shape index (κ3) is 61.5. The minimum absolute atomic E-state index is 0. The second-order valence-electron chi connectivity index (χ2n) is 22.7. The molecular weight excluding hydrogens is 1330 g/mol. The first kappa shape index (κ1) is 101. The molecule has 0 aromatic carbocycles. The molecule has 9 rings (SSSR count). The number of rotatable bonds is 9. The molecule has 0 saturated heterocycles. The van der Waals surface area contributed by atoms with Crippen molar-refractivity contribution in [3.63, 3.8) is 0 Å². The van der Waals surface area contributed by atoms with Crippen molar-refractivity contribution < 1.29 is 47.9 Å². The van der Waals surface area contributed by atoms with E-state index in [1.54, 1.807) is 61.7 Å². The minimum Gasteiger partial charge on any atom is -0.264 e. The van der Waals surface area contributed by atoms with Crippen LogP contribution in [-0.4, -0.2) is 106 Å². The van der Waals surface area contributed by atoms with Crippen LogP contribution in [0.5, 0.6) is 0 Å². The Kier molecular flexibility index (Phi) is 68.3. The van der Waals surface area contributed by atoms with Crippen molar-refractivity contribution in [2.75, 3.05) is 0 Å². The van der Waals surface area contributed by atoms with Gasteiger partial charge in [-0.1, -0.05) is 173 Å². The van der Waals surface area contributed by atoms with Crippen molar-refractivity contribution in [3.05, 3.63) is 232 Å². The predicted octanol–water partition coefficient (Wildman–Crippen LogP) is 15.9. The quantitative estimate of drug-likeness (QED) is 0.129. The monoisotopic (exact) mass is 1430 g/mol. The predicted molar refractivity (Wildman–Crippen MR) is 383 cm³/mol. The highest BCUT2D eigenvalue weighted by molar-refractivity contribution is 6.29. The number of aryl methyl sites for hydroxylation is 2. The van der Waals surface area contributed by atoms with Gasteiger partial charge in [0.1, 0.15) is 0 Å². The van der Waals surface area contributed by atoms with Crippen LogP contribution < -0.4 is 0 Å². The largest absolute Gasteiger partial charge is 0.373 e. The lowest BCUT2D eigenvalue weighted by Crippen LogP contribution is -1.95. The van der Waals surface area contributed by atoms with Crippen LogP contribution in [-0.2, 0) is 47.9 Å². The number of nitrogens with zero attached hydrogens (tertiary/aromatic N) is 15. The maximum absolute atomic E-state index is 8.12. The Labute approximate surface area is 605 Å². The Bertz CT molecular complexity index is 3010. The maximum atomic E-state index is 8.12. The molecule has 9 heterocycles. The highest BCUT2D eigenvalue weighted by atomic mass is 35.5. The van der Waals surface area contributed by atoms with Gasteiger partial charge in [0, 0.05) is 73.9 Å². The summed E-state index contributed by atoms with van der Waals surface area (Å²) in [6, 6.07) is 29.4. The van der Waals surface area contributed by atoms with Crippen molar-refractivity contribution >= 4 is 54.0 Å². The van der Waals surface area contributed by atoms with Gasteiger partial charge in [-0.05, 0) is 151 Å². The Morgan fingerprint density at radius 1 is 0.257 bits per heavy atom. The lowest BCUT2D eigenvalue weighted by atomic mass is 10.1. The van der Waals surface area contributed by atoms with E-state index in [1.165, 1.54) is 11.1 Å². The lowest BCUT2D eigenvalue weighted by Gasteiger charge is -2.00. The molecule has 544 valence electrons. The number of hydrogen-bond donors (Lipinski definition) is 0. The summed E-state index contributed by atoms with van der Waals surface area (Å²) in [5.41, 5.74) is 11.9. The molecule has 0 spiro atoms. The third-order valence-electron chi connectivity index (χ3n) is 11.6. The first-order valence-corrected chi connectivity index (χ1v) is 31.9. The molecule has 25 nitrogen and oxygen atoms in total. The van der Waals surface area contributed by atoms with Crippen LogP contribution in [0.2, 0.25) is 10.3 Å². The van der Waals surface area contributed by atoms with Crippen LogP contribution in [0.1, 0.15) is 248 Å². The lowest BCUT2D eigenvalue weighted by molar-refractivity contribution is -0.193. The molecule has 0 N–H and O–H groups in total. The number of halogens is 2. The molecule has 101 heavy (non-hydrogen) atoms. The second kappa shape index (κ2) is 68.0. The van der Waals surface area contributed by atoms with E-state index in [1.807, 2.05) is 99.2 Å². The summed E-state index contributed by atoms with van der Waals surface area (Å²) < 4.78 is 0. The van der Waals surface area contributed by atoms with Crippen LogP contribution in [0, 0.1) is 13.8 Å². The van der Waals surface area contributed by atoms with Crippen molar-refractivity contribution in [3.8, 4) is 0 Å². The van der Waals surface area contributed by atoms with E-state index < -0.39 is 0 Å². The highest BCUT2D eigenvalue weighted by Crippen LogP contribution is 2.15. The zero-order valence-corrected chi connectivity index (χ0v) is 62.3. The number of pyridine rings is 3. The Morgan fingerprint density at radius 2 is 0.525 bits per heavy atom. The first-order chi connectivity index (χ1) is 47.4. The number of carbonyl (C=O) groups excluding carboxylic acids is 10. The summed E-state index contributed by atoms with van der Waals surface area (Å²) in [7, 11) is 0. The smallest absolute Gasteiger partial charge is 0.264 e. The second-order valence-corrected chi connectivity index (χ2v) is 23.4. The molecule has 0 unspecified atom stereocenters. The Hall–Kier alpha value is -10.6. The van der Waals surface area contributed by atoms with Gasteiger partial charge in [-0.3, -0.25) is 34.9 Å². The average Bonchev–Trinajstić information content (AvgIpc) is 0.994. The standard InChI is InChI=1S/2C8H12N2.3C8H11N.2C7H9ClN2.2C7H10N2.5CO2.CH4/c2*1-6(2)8-5-4-7(3)9-10-8;2*1-7(2)8-4-3-5-9-6-8;1-7(2)8-5-3-4-6-9-8;2*1-5(2)6-3-4-7(8)10-9-6;2*1-6(2)7-5-8-3-4-9-7;5*2-1-3;/h2*4-6H,1-3H3;3*3-7H,1-2H3;2*3-5H,1-2H3;2*3-6H,1-2H3;;;;;;1H4. The van der Waals surface area contributed by atoms with Crippen molar-refractivity contribution in [1.82, 2.24) is 75.7 Å². The molecule has 9 aromatic rings. The molecule has 0 aliphatic heterocycles. The molecule has 0 amide bonds. The Morgan fingerprint density at radius 3 is 0.683 bits per heavy atom. The first-order valence-electron chi connectivity index (χ1n) is 31.2. The molecule has 0 aliphatic carbocycles. The average molecular weight is 1430 g/mol. The van der Waals surface area contributed by atoms with E-state index in [0.29, 0.717) is 63.6 Å². The fourth-order valence-corrected chi connectivity index (χ4v) is 6.27. The van der Waals surface area contributed by atoms with Gasteiger partial charge in [0.05, 0.1) is 45.6 Å². The molecule has 0 aliphatic rings. The van der Waals surface area contributed by atoms with Crippen LogP contribution in [0.15, 0.2) is 159 Å². The van der Waals surface area contributed by atoms with Crippen LogP contribution in [0.3, 0.4) is 0 Å². The van der Waals surface area contributed by atoms with Gasteiger partial charge < -0.3 is 0 Å². The number of hydrogen-bond acceptors (Lipinski definition) is 25. The molecule has 0 atom stereocenters. The fourth-order valence-electron chi connectivity index (χ4n) is 6.07. The summed E-state index contributed by atoms with van der Waals surface area (Å²) in [4.78, 5) is 110. The summed E-state index contributed by atoms with van der Waals surface area (Å²) >= 11 is 11.1. The zero-order valence-electron chi connectivity index (χ0n) is 60.8. The van der Waals surface area contributed by atoms with Crippen molar-refractivity contribution in [2.45, 2.75) is 199 Å². The fraction of sp³-hybridized carbons (Fsp3) is 0.405. The van der Waals surface area contributed by atoms with Crippen LogP contribution in [0.4, 0.5) is 0 Å². The minimum atomic E-state index is 0. The SMILES string of the molecule is C.CC(C)c1ccc(Cl)nn1.CC(C)c1ccc(Cl)nn1.CC(C)c1ccccn1.CC(C)c1cccnc1.CC(C)c1cccnc1.CC(C)c1cnccn1.CC(C)c1cnccn1.Cc1ccc(C(C)C)nn1.Cc1ccc(C(C)C)nn1.O=C=O.O=C=O.O=C=O.O=C=O.O=C=O. The van der Waals surface area contributed by atoms with E-state index in [2.05, 4.69) is 212 Å². The van der Waals surface area contributed by atoms with E-state index in [4.69, 9.17) is 71.1 Å². The summed E-state index contributed by atoms with van der Waals surface area (Å²) in [6.07, 6.45) is 20.9. The van der Waals surface area contributed by atoms with Gasteiger partial charge in [-0.15, -0.1) is 10.2 Å². The zero-order chi connectivity index (χ0) is 77.2. The van der Waals surface area contributed by atoms with E-state index in [9.17, 15) is 0 Å². The van der Waals surface area contributed by atoms with Gasteiger partial charge in [0.25, 0.3) is 0 Å². The van der Waals surface area contributed by atoms with E-state index in [0.717, 1.165) is 51.2 Å². The molecule has 0 fully saturated rings. The molecule has 0 radical (unpaired) electrons. The molecule has 0 saturated carbocycles.